The average Bonchev–Trinajstić information content (AvgIpc) is 3.14. The van der Waals surface area contributed by atoms with Gasteiger partial charge in [0.2, 0.25) is 0 Å². The number of carbonyl (C=O) groups is 2. The molecule has 0 heterocycles. The van der Waals surface area contributed by atoms with Crippen molar-refractivity contribution in [3.63, 3.8) is 0 Å². The number of ether oxygens (including phenoxy) is 1. The summed E-state index contributed by atoms with van der Waals surface area (Å²) in [6, 6.07) is 12.7. The van der Waals surface area contributed by atoms with E-state index in [4.69, 9.17) is 9.84 Å². The number of hydrogen-bond acceptors (Lipinski definition) is 5. The van der Waals surface area contributed by atoms with Crippen molar-refractivity contribution in [2.75, 3.05) is 23.8 Å². The fourth-order valence-electron chi connectivity index (χ4n) is 3.18. The molecule has 6 heteroatoms. The summed E-state index contributed by atoms with van der Waals surface area (Å²) in [6.45, 7) is 1.81. The van der Waals surface area contributed by atoms with Gasteiger partial charge in [-0.25, -0.2) is 4.79 Å². The van der Waals surface area contributed by atoms with E-state index in [1.165, 1.54) is 11.1 Å². The molecule has 0 saturated carbocycles. The molecule has 0 bridgehead atoms. The number of hydrogen-bond donors (Lipinski definition) is 3. The SMILES string of the molecule is CC(OC(=O)c1ccccc1NCCO)C(=O)Nc1ccc2c(c1)CCC2. The molecule has 1 aliphatic rings. The number of para-hydroxylation sites is 1. The summed E-state index contributed by atoms with van der Waals surface area (Å²) in [6.07, 6.45) is 2.32. The standard InChI is InChI=1S/C21H24N2O4/c1-14(20(25)23-17-10-9-15-5-4-6-16(15)13-17)27-21(26)18-7-2-3-8-19(18)22-11-12-24/h2-3,7-10,13-14,22,24H,4-6,11-12H2,1H3,(H,23,25). The molecular formula is C21H24N2O4. The second kappa shape index (κ2) is 8.68. The van der Waals surface area contributed by atoms with Gasteiger partial charge in [0.25, 0.3) is 5.91 Å². The third-order valence-corrected chi connectivity index (χ3v) is 4.59. The van der Waals surface area contributed by atoms with E-state index in [-0.39, 0.29) is 12.5 Å². The van der Waals surface area contributed by atoms with E-state index < -0.39 is 12.1 Å². The Bertz CT molecular complexity index is 835. The second-order valence-electron chi connectivity index (χ2n) is 6.57. The molecule has 0 aliphatic heterocycles. The highest BCUT2D eigenvalue weighted by Gasteiger charge is 2.21. The van der Waals surface area contributed by atoms with E-state index >= 15 is 0 Å². The Morgan fingerprint density at radius 2 is 1.93 bits per heavy atom. The van der Waals surface area contributed by atoms with Gasteiger partial charge in [-0.2, -0.15) is 0 Å². The van der Waals surface area contributed by atoms with Crippen LogP contribution in [0.15, 0.2) is 42.5 Å². The molecule has 27 heavy (non-hydrogen) atoms. The largest absolute Gasteiger partial charge is 0.449 e. The van der Waals surface area contributed by atoms with Gasteiger partial charge in [0.15, 0.2) is 6.10 Å². The lowest BCUT2D eigenvalue weighted by atomic mass is 10.1. The van der Waals surface area contributed by atoms with Crippen LogP contribution in [-0.4, -0.2) is 36.2 Å². The van der Waals surface area contributed by atoms with Crippen LogP contribution in [0.4, 0.5) is 11.4 Å². The zero-order chi connectivity index (χ0) is 19.2. The first-order chi connectivity index (χ1) is 13.1. The van der Waals surface area contributed by atoms with Crippen LogP contribution in [0, 0.1) is 0 Å². The number of amides is 1. The molecule has 1 unspecified atom stereocenters. The predicted octanol–water partition coefficient (Wildman–Crippen LogP) is 2.76. The van der Waals surface area contributed by atoms with Crippen LogP contribution in [0.3, 0.4) is 0 Å². The Balaban J connectivity index is 1.62. The van der Waals surface area contributed by atoms with E-state index in [0.717, 1.165) is 19.3 Å². The number of esters is 1. The first kappa shape index (κ1) is 18.9. The third-order valence-electron chi connectivity index (χ3n) is 4.59. The molecule has 142 valence electrons. The Hall–Kier alpha value is -2.86. The summed E-state index contributed by atoms with van der Waals surface area (Å²) in [7, 11) is 0. The van der Waals surface area contributed by atoms with Crippen molar-refractivity contribution in [2.45, 2.75) is 32.3 Å². The van der Waals surface area contributed by atoms with Gasteiger partial charge in [-0.1, -0.05) is 18.2 Å². The molecule has 2 aromatic rings. The molecule has 0 aromatic heterocycles. The molecule has 1 atom stereocenters. The molecular weight excluding hydrogens is 344 g/mol. The Morgan fingerprint density at radius 1 is 1.15 bits per heavy atom. The highest BCUT2D eigenvalue weighted by molar-refractivity contribution is 5.99. The van der Waals surface area contributed by atoms with E-state index in [9.17, 15) is 9.59 Å². The number of aliphatic hydroxyl groups excluding tert-OH is 1. The van der Waals surface area contributed by atoms with Crippen LogP contribution in [-0.2, 0) is 22.4 Å². The van der Waals surface area contributed by atoms with Crippen LogP contribution in [0.25, 0.3) is 0 Å². The lowest BCUT2D eigenvalue weighted by Crippen LogP contribution is -2.30. The third kappa shape index (κ3) is 4.65. The first-order valence-corrected chi connectivity index (χ1v) is 9.16. The monoisotopic (exact) mass is 368 g/mol. The highest BCUT2D eigenvalue weighted by Crippen LogP contribution is 2.25. The van der Waals surface area contributed by atoms with Crippen molar-refractivity contribution in [1.29, 1.82) is 0 Å². The number of rotatable bonds is 7. The maximum atomic E-state index is 12.4. The highest BCUT2D eigenvalue weighted by atomic mass is 16.5. The zero-order valence-corrected chi connectivity index (χ0v) is 15.3. The summed E-state index contributed by atoms with van der Waals surface area (Å²) in [5.41, 5.74) is 4.19. The molecule has 0 saturated heterocycles. The van der Waals surface area contributed by atoms with E-state index in [0.29, 0.717) is 23.5 Å². The van der Waals surface area contributed by atoms with Crippen molar-refractivity contribution in [2.24, 2.45) is 0 Å². The summed E-state index contributed by atoms with van der Waals surface area (Å²) < 4.78 is 5.33. The lowest BCUT2D eigenvalue weighted by Gasteiger charge is -2.16. The fourth-order valence-corrected chi connectivity index (χ4v) is 3.18. The molecule has 0 radical (unpaired) electrons. The number of carbonyl (C=O) groups excluding carboxylic acids is 2. The van der Waals surface area contributed by atoms with Gasteiger partial charge < -0.3 is 20.5 Å². The number of anilines is 2. The fraction of sp³-hybridized carbons (Fsp3) is 0.333. The minimum atomic E-state index is -0.934. The summed E-state index contributed by atoms with van der Waals surface area (Å²) in [5, 5.41) is 14.7. The summed E-state index contributed by atoms with van der Waals surface area (Å²) in [4.78, 5) is 24.8. The van der Waals surface area contributed by atoms with Crippen molar-refractivity contribution < 1.29 is 19.4 Å². The van der Waals surface area contributed by atoms with Gasteiger partial charge in [-0.3, -0.25) is 4.79 Å². The topological polar surface area (TPSA) is 87.7 Å². The van der Waals surface area contributed by atoms with Gasteiger partial charge in [0.05, 0.1) is 12.2 Å². The molecule has 0 fully saturated rings. The first-order valence-electron chi connectivity index (χ1n) is 9.16. The molecule has 1 aliphatic carbocycles. The number of benzene rings is 2. The molecule has 0 spiro atoms. The maximum absolute atomic E-state index is 12.4. The van der Waals surface area contributed by atoms with E-state index in [1.54, 1.807) is 31.2 Å². The normalized spacial score (nSPS) is 13.6. The minimum absolute atomic E-state index is 0.0526. The molecule has 3 N–H and O–H groups in total. The Labute approximate surface area is 158 Å². The summed E-state index contributed by atoms with van der Waals surface area (Å²) >= 11 is 0. The van der Waals surface area contributed by atoms with E-state index in [1.807, 2.05) is 18.2 Å². The second-order valence-corrected chi connectivity index (χ2v) is 6.57. The van der Waals surface area contributed by atoms with Crippen molar-refractivity contribution in [3.8, 4) is 0 Å². The molecule has 2 aromatic carbocycles. The van der Waals surface area contributed by atoms with Crippen LogP contribution in [0.2, 0.25) is 0 Å². The van der Waals surface area contributed by atoms with Gasteiger partial charge in [0, 0.05) is 17.9 Å². The number of fused-ring (bicyclic) bond motifs is 1. The summed E-state index contributed by atoms with van der Waals surface area (Å²) in [5.74, 6) is -0.963. The smallest absolute Gasteiger partial charge is 0.341 e. The van der Waals surface area contributed by atoms with E-state index in [2.05, 4.69) is 10.6 Å². The van der Waals surface area contributed by atoms with Crippen LogP contribution >= 0.6 is 0 Å². The number of aryl methyl sites for hydroxylation is 2. The minimum Gasteiger partial charge on any atom is -0.449 e. The van der Waals surface area contributed by atoms with Gasteiger partial charge >= 0.3 is 5.97 Å². The zero-order valence-electron chi connectivity index (χ0n) is 15.3. The van der Waals surface area contributed by atoms with Gasteiger partial charge in [-0.15, -0.1) is 0 Å². The maximum Gasteiger partial charge on any atom is 0.341 e. The number of nitrogens with one attached hydrogen (secondary N) is 2. The lowest BCUT2D eigenvalue weighted by molar-refractivity contribution is -0.123. The van der Waals surface area contributed by atoms with Crippen molar-refractivity contribution in [3.05, 3.63) is 59.2 Å². The van der Waals surface area contributed by atoms with Crippen LogP contribution in [0.1, 0.15) is 34.8 Å². The average molecular weight is 368 g/mol. The van der Waals surface area contributed by atoms with Gasteiger partial charge in [-0.05, 0) is 61.6 Å². The number of aliphatic hydroxyl groups is 1. The Kier molecular flexibility index (Phi) is 6.08. The molecule has 6 nitrogen and oxygen atoms in total. The van der Waals surface area contributed by atoms with Crippen LogP contribution < -0.4 is 10.6 Å². The van der Waals surface area contributed by atoms with Crippen LogP contribution in [0.5, 0.6) is 0 Å². The Morgan fingerprint density at radius 3 is 2.74 bits per heavy atom. The van der Waals surface area contributed by atoms with Crippen molar-refractivity contribution >= 4 is 23.3 Å². The molecule has 1 amide bonds. The van der Waals surface area contributed by atoms with Crippen molar-refractivity contribution in [1.82, 2.24) is 0 Å². The predicted molar refractivity (Wildman–Crippen MR) is 104 cm³/mol. The quantitative estimate of drug-likeness (QED) is 0.654. The van der Waals surface area contributed by atoms with Gasteiger partial charge in [0.1, 0.15) is 0 Å². The molecule has 3 rings (SSSR count).